The quantitative estimate of drug-likeness (QED) is 0.221. The van der Waals surface area contributed by atoms with E-state index in [2.05, 4.69) is 27.7 Å². The molecule has 1 heterocycles. The Hall–Kier alpha value is -2.34. The maximum Gasteiger partial charge on any atom is 0.334 e. The molecule has 1 aromatic carbocycles. The molecule has 190 valence electrons. The standard InChI is InChI=1S/C28H42O6/c1-20(2)15-23(16-21(3)4)10-11-24-17-28(18-29,34-27(24)31)19-33-26(30)7-6-14-32-25-12-8-22(5)9-13-25/h8-9,11-13,20-21,23,29H,6-7,10,14-19H2,1-5H3/b24-11+. The second-order valence-electron chi connectivity index (χ2n) is 10.4. The average Bonchev–Trinajstić information content (AvgIpc) is 3.10. The summed E-state index contributed by atoms with van der Waals surface area (Å²) in [6, 6.07) is 7.73. The summed E-state index contributed by atoms with van der Waals surface area (Å²) in [6.07, 6.45) is 5.93. The number of aryl methyl sites for hydroxylation is 1. The minimum atomic E-state index is -1.19. The van der Waals surface area contributed by atoms with E-state index in [1.165, 1.54) is 0 Å². The molecule has 0 spiro atoms. The molecule has 1 atom stereocenters. The minimum absolute atomic E-state index is 0.147. The fraction of sp³-hybridized carbons (Fsp3) is 0.643. The molecular formula is C28H42O6. The number of cyclic esters (lactones) is 1. The summed E-state index contributed by atoms with van der Waals surface area (Å²) in [5.41, 5.74) is 0.530. The van der Waals surface area contributed by atoms with Crippen LogP contribution in [0.15, 0.2) is 35.9 Å². The molecule has 1 aromatic rings. The molecule has 0 aromatic heterocycles. The van der Waals surface area contributed by atoms with Crippen molar-refractivity contribution in [2.75, 3.05) is 19.8 Å². The van der Waals surface area contributed by atoms with E-state index in [1.54, 1.807) is 0 Å². The fourth-order valence-electron chi connectivity index (χ4n) is 4.34. The van der Waals surface area contributed by atoms with Crippen LogP contribution in [0.5, 0.6) is 5.75 Å². The lowest BCUT2D eigenvalue weighted by molar-refractivity contribution is -0.166. The molecule has 2 rings (SSSR count). The van der Waals surface area contributed by atoms with Gasteiger partial charge < -0.3 is 19.3 Å². The van der Waals surface area contributed by atoms with E-state index in [4.69, 9.17) is 14.2 Å². The number of carbonyl (C=O) groups excluding carboxylic acids is 2. The third-order valence-corrected chi connectivity index (χ3v) is 5.99. The number of benzene rings is 1. The van der Waals surface area contributed by atoms with Gasteiger partial charge in [0.1, 0.15) is 12.4 Å². The zero-order chi connectivity index (χ0) is 25.1. The van der Waals surface area contributed by atoms with Gasteiger partial charge in [0.25, 0.3) is 0 Å². The van der Waals surface area contributed by atoms with Gasteiger partial charge in [0, 0.05) is 18.4 Å². The highest BCUT2D eigenvalue weighted by atomic mass is 16.6. The Labute approximate surface area is 204 Å². The first-order valence-electron chi connectivity index (χ1n) is 12.5. The number of aliphatic hydroxyl groups excluding tert-OH is 1. The number of allylic oxidation sites excluding steroid dienone is 1. The SMILES string of the molecule is Cc1ccc(OCCCC(=O)OCC2(CO)C/C(=C\CC(CC(C)C)CC(C)C)C(=O)O2)cc1. The van der Waals surface area contributed by atoms with Crippen LogP contribution in [0.1, 0.15) is 71.8 Å². The van der Waals surface area contributed by atoms with Crippen LogP contribution in [0, 0.1) is 24.7 Å². The molecule has 0 radical (unpaired) electrons. The average molecular weight is 475 g/mol. The number of hydrogen-bond donors (Lipinski definition) is 1. The van der Waals surface area contributed by atoms with E-state index in [0.717, 1.165) is 30.6 Å². The van der Waals surface area contributed by atoms with Gasteiger partial charge in [0.2, 0.25) is 0 Å². The lowest BCUT2D eigenvalue weighted by Gasteiger charge is -2.24. The van der Waals surface area contributed by atoms with Crippen molar-refractivity contribution in [1.29, 1.82) is 0 Å². The van der Waals surface area contributed by atoms with Crippen molar-refractivity contribution >= 4 is 11.9 Å². The third-order valence-electron chi connectivity index (χ3n) is 5.99. The third kappa shape index (κ3) is 9.49. The lowest BCUT2D eigenvalue weighted by atomic mass is 9.86. The normalized spacial score (nSPS) is 19.3. The highest BCUT2D eigenvalue weighted by Crippen LogP contribution is 2.33. The molecule has 6 nitrogen and oxygen atoms in total. The summed E-state index contributed by atoms with van der Waals surface area (Å²) in [4.78, 5) is 24.6. The molecule has 1 fully saturated rings. The van der Waals surface area contributed by atoms with Gasteiger partial charge >= 0.3 is 11.9 Å². The molecule has 34 heavy (non-hydrogen) atoms. The summed E-state index contributed by atoms with van der Waals surface area (Å²) in [5, 5.41) is 9.92. The summed E-state index contributed by atoms with van der Waals surface area (Å²) < 4.78 is 16.5. The fourth-order valence-corrected chi connectivity index (χ4v) is 4.34. The number of rotatable bonds is 14. The van der Waals surface area contributed by atoms with Gasteiger partial charge in [0.15, 0.2) is 5.60 Å². The van der Waals surface area contributed by atoms with Crippen LogP contribution >= 0.6 is 0 Å². The topological polar surface area (TPSA) is 82.1 Å². The van der Waals surface area contributed by atoms with Crippen LogP contribution in [-0.4, -0.2) is 42.5 Å². The first kappa shape index (κ1) is 27.9. The Kier molecular flexibility index (Phi) is 11.1. The molecule has 0 aliphatic carbocycles. The highest BCUT2D eigenvalue weighted by Gasteiger charge is 2.44. The van der Waals surface area contributed by atoms with Crippen molar-refractivity contribution in [3.8, 4) is 5.75 Å². The van der Waals surface area contributed by atoms with Crippen molar-refractivity contribution in [1.82, 2.24) is 0 Å². The van der Waals surface area contributed by atoms with E-state index in [0.29, 0.717) is 36.4 Å². The van der Waals surface area contributed by atoms with E-state index in [1.807, 2.05) is 37.3 Å². The molecule has 1 unspecified atom stereocenters. The van der Waals surface area contributed by atoms with Crippen LogP contribution in [0.4, 0.5) is 0 Å². The van der Waals surface area contributed by atoms with E-state index in [-0.39, 0.29) is 26.1 Å². The van der Waals surface area contributed by atoms with Crippen LogP contribution in [-0.2, 0) is 19.1 Å². The van der Waals surface area contributed by atoms with E-state index in [9.17, 15) is 14.7 Å². The van der Waals surface area contributed by atoms with Crippen molar-refractivity contribution < 1.29 is 28.9 Å². The molecule has 0 bridgehead atoms. The predicted octanol–water partition coefficient (Wildman–Crippen LogP) is 5.40. The maximum absolute atomic E-state index is 12.5. The smallest absolute Gasteiger partial charge is 0.334 e. The van der Waals surface area contributed by atoms with Gasteiger partial charge in [-0.3, -0.25) is 4.79 Å². The number of hydrogen-bond acceptors (Lipinski definition) is 6. The maximum atomic E-state index is 12.5. The zero-order valence-electron chi connectivity index (χ0n) is 21.5. The Morgan fingerprint density at radius 1 is 1.15 bits per heavy atom. The molecular weight excluding hydrogens is 432 g/mol. The molecule has 1 saturated heterocycles. The Morgan fingerprint density at radius 3 is 2.38 bits per heavy atom. The van der Waals surface area contributed by atoms with Crippen LogP contribution < -0.4 is 4.74 Å². The number of aliphatic hydroxyl groups is 1. The second-order valence-corrected chi connectivity index (χ2v) is 10.4. The van der Waals surface area contributed by atoms with Gasteiger partial charge in [0.05, 0.1) is 13.2 Å². The first-order chi connectivity index (χ1) is 16.1. The highest BCUT2D eigenvalue weighted by molar-refractivity contribution is 5.91. The molecule has 1 aliphatic heterocycles. The molecule has 1 N–H and O–H groups in total. The van der Waals surface area contributed by atoms with Crippen molar-refractivity contribution in [2.45, 2.75) is 78.7 Å². The van der Waals surface area contributed by atoms with Gasteiger partial charge in [-0.1, -0.05) is 51.5 Å². The Morgan fingerprint density at radius 2 is 1.79 bits per heavy atom. The Balaban J connectivity index is 1.81. The lowest BCUT2D eigenvalue weighted by Crippen LogP contribution is -2.39. The minimum Gasteiger partial charge on any atom is -0.494 e. The van der Waals surface area contributed by atoms with Crippen molar-refractivity contribution in [3.05, 3.63) is 41.5 Å². The molecule has 6 heteroatoms. The predicted molar refractivity (Wildman–Crippen MR) is 132 cm³/mol. The molecule has 0 amide bonds. The molecule has 1 aliphatic rings. The Bertz CT molecular complexity index is 801. The zero-order valence-corrected chi connectivity index (χ0v) is 21.5. The second kappa shape index (κ2) is 13.5. The van der Waals surface area contributed by atoms with Crippen LogP contribution in [0.25, 0.3) is 0 Å². The number of ether oxygens (including phenoxy) is 3. The van der Waals surface area contributed by atoms with Gasteiger partial charge in [-0.2, -0.15) is 0 Å². The summed E-state index contributed by atoms with van der Waals surface area (Å²) in [6.45, 7) is 10.7. The molecule has 0 saturated carbocycles. The van der Waals surface area contributed by atoms with Gasteiger partial charge in [-0.15, -0.1) is 0 Å². The summed E-state index contributed by atoms with van der Waals surface area (Å²) >= 11 is 0. The largest absolute Gasteiger partial charge is 0.494 e. The van der Waals surface area contributed by atoms with Gasteiger partial charge in [-0.05, 0) is 62.5 Å². The van der Waals surface area contributed by atoms with E-state index < -0.39 is 17.5 Å². The van der Waals surface area contributed by atoms with Crippen molar-refractivity contribution in [3.63, 3.8) is 0 Å². The van der Waals surface area contributed by atoms with Crippen LogP contribution in [0.2, 0.25) is 0 Å². The number of esters is 2. The number of carbonyl (C=O) groups is 2. The van der Waals surface area contributed by atoms with Gasteiger partial charge in [-0.25, -0.2) is 4.79 Å². The monoisotopic (exact) mass is 474 g/mol. The summed E-state index contributed by atoms with van der Waals surface area (Å²) in [7, 11) is 0. The van der Waals surface area contributed by atoms with E-state index >= 15 is 0 Å². The first-order valence-corrected chi connectivity index (χ1v) is 12.5. The van der Waals surface area contributed by atoms with Crippen LogP contribution in [0.3, 0.4) is 0 Å². The summed E-state index contributed by atoms with van der Waals surface area (Å²) in [5.74, 6) is 1.63. The van der Waals surface area contributed by atoms with Crippen molar-refractivity contribution in [2.24, 2.45) is 17.8 Å².